The summed E-state index contributed by atoms with van der Waals surface area (Å²) in [6.07, 6.45) is 4.27. The molecule has 1 aromatic heterocycles. The zero-order chi connectivity index (χ0) is 16.2. The molecule has 0 saturated carbocycles. The number of hydrogen-bond acceptors (Lipinski definition) is 4. The summed E-state index contributed by atoms with van der Waals surface area (Å²) in [6.45, 7) is 2.91. The van der Waals surface area contributed by atoms with Crippen LogP contribution in [0, 0.1) is 6.92 Å². The number of sulfonamides is 1. The molecule has 0 aliphatic heterocycles. The largest absolute Gasteiger partial charge is 0.352 e. The first-order valence-electron chi connectivity index (χ1n) is 6.77. The molecule has 2 rings (SSSR count). The van der Waals surface area contributed by atoms with E-state index in [1.54, 1.807) is 23.9 Å². The van der Waals surface area contributed by atoms with Crippen LogP contribution in [0.15, 0.2) is 41.6 Å². The van der Waals surface area contributed by atoms with Crippen molar-refractivity contribution in [3.63, 3.8) is 0 Å². The average Bonchev–Trinajstić information content (AvgIpc) is 2.95. The summed E-state index contributed by atoms with van der Waals surface area (Å²) in [6, 6.07) is 6.09. The molecule has 0 saturated heterocycles. The van der Waals surface area contributed by atoms with Crippen molar-refractivity contribution < 1.29 is 13.2 Å². The van der Waals surface area contributed by atoms with Crippen LogP contribution in [0.2, 0.25) is 0 Å². The second-order valence-electron chi connectivity index (χ2n) is 4.90. The van der Waals surface area contributed by atoms with E-state index in [0.717, 1.165) is 6.42 Å². The fraction of sp³-hybridized carbons (Fsp3) is 0.286. The molecule has 0 bridgehead atoms. The maximum absolute atomic E-state index is 12.1. The second-order valence-corrected chi connectivity index (χ2v) is 6.46. The van der Waals surface area contributed by atoms with Gasteiger partial charge in [-0.05, 0) is 37.1 Å². The summed E-state index contributed by atoms with van der Waals surface area (Å²) >= 11 is 0. The Morgan fingerprint density at radius 2 is 2.18 bits per heavy atom. The van der Waals surface area contributed by atoms with Gasteiger partial charge in [0.25, 0.3) is 5.91 Å². The molecule has 0 aliphatic rings. The molecule has 0 unspecified atom stereocenters. The van der Waals surface area contributed by atoms with E-state index in [-0.39, 0.29) is 10.8 Å². The monoisotopic (exact) mass is 322 g/mol. The van der Waals surface area contributed by atoms with E-state index in [0.29, 0.717) is 24.2 Å². The lowest BCUT2D eigenvalue weighted by Gasteiger charge is -2.09. The van der Waals surface area contributed by atoms with Crippen molar-refractivity contribution in [1.29, 1.82) is 0 Å². The minimum absolute atomic E-state index is 0.0696. The molecule has 1 heterocycles. The van der Waals surface area contributed by atoms with E-state index in [1.807, 2.05) is 12.3 Å². The van der Waals surface area contributed by atoms with Crippen molar-refractivity contribution in [1.82, 2.24) is 15.1 Å². The zero-order valence-corrected chi connectivity index (χ0v) is 13.0. The number of amides is 1. The summed E-state index contributed by atoms with van der Waals surface area (Å²) in [7, 11) is -3.82. The van der Waals surface area contributed by atoms with Crippen LogP contribution in [0.25, 0.3) is 0 Å². The third-order valence-electron chi connectivity index (χ3n) is 3.19. The van der Waals surface area contributed by atoms with Crippen molar-refractivity contribution in [3.05, 3.63) is 47.8 Å². The van der Waals surface area contributed by atoms with Gasteiger partial charge in [0.1, 0.15) is 0 Å². The number of nitrogens with zero attached hydrogens (tertiary/aromatic N) is 2. The predicted molar refractivity (Wildman–Crippen MR) is 81.7 cm³/mol. The first-order valence-corrected chi connectivity index (χ1v) is 8.31. The molecule has 3 N–H and O–H groups in total. The Morgan fingerprint density at radius 1 is 1.41 bits per heavy atom. The van der Waals surface area contributed by atoms with Gasteiger partial charge >= 0.3 is 0 Å². The maximum atomic E-state index is 12.1. The molecule has 0 atom stereocenters. The molecule has 0 spiro atoms. The number of aromatic nitrogens is 2. The first-order chi connectivity index (χ1) is 10.4. The van der Waals surface area contributed by atoms with Crippen molar-refractivity contribution in [2.24, 2.45) is 5.14 Å². The van der Waals surface area contributed by atoms with E-state index in [9.17, 15) is 13.2 Å². The average molecular weight is 322 g/mol. The number of aryl methyl sites for hydroxylation is 2. The Labute approximate surface area is 129 Å². The lowest BCUT2D eigenvalue weighted by molar-refractivity contribution is 0.0952. The van der Waals surface area contributed by atoms with E-state index in [2.05, 4.69) is 10.4 Å². The summed E-state index contributed by atoms with van der Waals surface area (Å²) in [5, 5.41) is 11.9. The lowest BCUT2D eigenvalue weighted by atomic mass is 10.1. The lowest BCUT2D eigenvalue weighted by Crippen LogP contribution is -2.26. The van der Waals surface area contributed by atoms with Gasteiger partial charge in [-0.15, -0.1) is 0 Å². The highest BCUT2D eigenvalue weighted by Gasteiger charge is 2.14. The maximum Gasteiger partial charge on any atom is 0.251 e. The number of carbonyl (C=O) groups is 1. The Kier molecular flexibility index (Phi) is 4.94. The number of primary sulfonamides is 1. The van der Waals surface area contributed by atoms with Crippen molar-refractivity contribution in [2.75, 3.05) is 6.54 Å². The molecule has 0 radical (unpaired) electrons. The van der Waals surface area contributed by atoms with Crippen molar-refractivity contribution in [3.8, 4) is 0 Å². The minimum Gasteiger partial charge on any atom is -0.352 e. The van der Waals surface area contributed by atoms with Gasteiger partial charge in [-0.1, -0.05) is 6.07 Å². The molecule has 1 amide bonds. The fourth-order valence-electron chi connectivity index (χ4n) is 1.99. The molecule has 22 heavy (non-hydrogen) atoms. The Balaban J connectivity index is 1.97. The summed E-state index contributed by atoms with van der Waals surface area (Å²) < 4.78 is 24.5. The zero-order valence-electron chi connectivity index (χ0n) is 12.2. The number of carbonyl (C=O) groups excluding carboxylic acids is 1. The molecule has 0 fully saturated rings. The second kappa shape index (κ2) is 6.71. The molecular weight excluding hydrogens is 304 g/mol. The van der Waals surface area contributed by atoms with Crippen LogP contribution in [-0.2, 0) is 16.6 Å². The number of hydrogen-bond donors (Lipinski definition) is 2. The summed E-state index contributed by atoms with van der Waals surface area (Å²) in [5.41, 5.74) is 1.00. The number of benzene rings is 1. The normalized spacial score (nSPS) is 11.4. The standard InChI is InChI=1S/C14H18N4O3S/c1-11-4-5-12(22(15,20)21)10-13(11)14(19)16-6-2-8-18-9-3-7-17-18/h3-5,7,9-10H,2,6,8H2,1H3,(H,16,19)(H2,15,20,21). The molecule has 2 aromatic rings. The first kappa shape index (κ1) is 16.2. The third kappa shape index (κ3) is 4.15. The van der Waals surface area contributed by atoms with Crippen molar-refractivity contribution in [2.45, 2.75) is 24.8 Å². The molecule has 8 heteroatoms. The molecule has 1 aromatic carbocycles. The van der Waals surface area contributed by atoms with Gasteiger partial charge in [-0.25, -0.2) is 13.6 Å². The summed E-state index contributed by atoms with van der Waals surface area (Å²) in [4.78, 5) is 12.1. The van der Waals surface area contributed by atoms with E-state index < -0.39 is 10.0 Å². The smallest absolute Gasteiger partial charge is 0.251 e. The quantitative estimate of drug-likeness (QED) is 0.762. The van der Waals surface area contributed by atoms with Gasteiger partial charge in [-0.2, -0.15) is 5.10 Å². The predicted octanol–water partition coefficient (Wildman–Crippen LogP) is 0.659. The van der Waals surface area contributed by atoms with Crippen LogP contribution in [0.3, 0.4) is 0 Å². The number of rotatable bonds is 6. The Bertz CT molecular complexity index is 754. The summed E-state index contributed by atoms with van der Waals surface area (Å²) in [5.74, 6) is -0.316. The van der Waals surface area contributed by atoms with E-state index in [1.165, 1.54) is 12.1 Å². The number of nitrogens with one attached hydrogen (secondary N) is 1. The van der Waals surface area contributed by atoms with Gasteiger partial charge in [0, 0.05) is 31.0 Å². The number of nitrogens with two attached hydrogens (primary N) is 1. The van der Waals surface area contributed by atoms with Gasteiger partial charge in [0.2, 0.25) is 10.0 Å². The van der Waals surface area contributed by atoms with Crippen LogP contribution in [0.5, 0.6) is 0 Å². The van der Waals surface area contributed by atoms with Gasteiger partial charge in [-0.3, -0.25) is 9.48 Å². The topological polar surface area (TPSA) is 107 Å². The van der Waals surface area contributed by atoms with Crippen molar-refractivity contribution >= 4 is 15.9 Å². The molecular formula is C14H18N4O3S. The molecule has 7 nitrogen and oxygen atoms in total. The Morgan fingerprint density at radius 3 is 2.82 bits per heavy atom. The van der Waals surface area contributed by atoms with Crippen LogP contribution in [0.4, 0.5) is 0 Å². The molecule has 118 valence electrons. The molecule has 0 aliphatic carbocycles. The Hall–Kier alpha value is -2.19. The van der Waals surface area contributed by atoms with E-state index in [4.69, 9.17) is 5.14 Å². The highest BCUT2D eigenvalue weighted by atomic mass is 32.2. The highest BCUT2D eigenvalue weighted by Crippen LogP contribution is 2.14. The third-order valence-corrected chi connectivity index (χ3v) is 4.10. The SMILES string of the molecule is Cc1ccc(S(N)(=O)=O)cc1C(=O)NCCCn1cccn1. The van der Waals surface area contributed by atoms with Gasteiger partial charge < -0.3 is 5.32 Å². The minimum atomic E-state index is -3.82. The van der Waals surface area contributed by atoms with Gasteiger partial charge in [0.05, 0.1) is 4.90 Å². The highest BCUT2D eigenvalue weighted by molar-refractivity contribution is 7.89. The fourth-order valence-corrected chi connectivity index (χ4v) is 2.53. The van der Waals surface area contributed by atoms with Crippen LogP contribution in [0.1, 0.15) is 22.3 Å². The van der Waals surface area contributed by atoms with Crippen LogP contribution in [-0.4, -0.2) is 30.7 Å². The van der Waals surface area contributed by atoms with Gasteiger partial charge in [0.15, 0.2) is 0 Å². The van der Waals surface area contributed by atoms with E-state index >= 15 is 0 Å². The van der Waals surface area contributed by atoms with Crippen LogP contribution >= 0.6 is 0 Å². The van der Waals surface area contributed by atoms with Crippen LogP contribution < -0.4 is 10.5 Å².